The zero-order chi connectivity index (χ0) is 14.2. The number of aldehydes is 1. The van der Waals surface area contributed by atoms with Crippen LogP contribution < -0.4 is 0 Å². The number of hydrogen-bond donors (Lipinski definition) is 0. The van der Waals surface area contributed by atoms with Crippen LogP contribution in [-0.2, 0) is 6.18 Å². The van der Waals surface area contributed by atoms with Crippen LogP contribution in [0.1, 0.15) is 21.7 Å². The number of hydrogen-bond acceptors (Lipinski definition) is 3. The summed E-state index contributed by atoms with van der Waals surface area (Å²) in [7, 11) is 0. The first-order valence-corrected chi connectivity index (χ1v) is 5.47. The van der Waals surface area contributed by atoms with Gasteiger partial charge in [-0.1, -0.05) is 16.8 Å². The standard InChI is InChI=1S/C11H7ClF3N3O/c1-6-9(5-19)16-17-18(6)10-3-2-7(4-8(10)12)11(13,14)15/h2-5H,1H3. The van der Waals surface area contributed by atoms with Gasteiger partial charge in [0.15, 0.2) is 6.29 Å². The maximum atomic E-state index is 12.5. The molecule has 0 bridgehead atoms. The van der Waals surface area contributed by atoms with Gasteiger partial charge < -0.3 is 0 Å². The van der Waals surface area contributed by atoms with E-state index >= 15 is 0 Å². The fourth-order valence-electron chi connectivity index (χ4n) is 1.53. The molecule has 4 nitrogen and oxygen atoms in total. The van der Waals surface area contributed by atoms with Gasteiger partial charge in [0.1, 0.15) is 5.69 Å². The van der Waals surface area contributed by atoms with Gasteiger partial charge in [0.05, 0.1) is 22.0 Å². The van der Waals surface area contributed by atoms with Gasteiger partial charge in [0.2, 0.25) is 0 Å². The van der Waals surface area contributed by atoms with Crippen LogP contribution in [0.2, 0.25) is 5.02 Å². The van der Waals surface area contributed by atoms with Crippen LogP contribution in [-0.4, -0.2) is 21.3 Å². The predicted octanol–water partition coefficient (Wildman–Crippen LogP) is 3.06. The van der Waals surface area contributed by atoms with Crippen molar-refractivity contribution in [1.82, 2.24) is 15.0 Å². The molecule has 1 aromatic heterocycles. The van der Waals surface area contributed by atoms with E-state index in [1.54, 1.807) is 6.92 Å². The smallest absolute Gasteiger partial charge is 0.296 e. The first-order valence-electron chi connectivity index (χ1n) is 5.09. The lowest BCUT2D eigenvalue weighted by Gasteiger charge is -2.10. The van der Waals surface area contributed by atoms with Gasteiger partial charge in [0.25, 0.3) is 0 Å². The van der Waals surface area contributed by atoms with Crippen LogP contribution in [0.15, 0.2) is 18.2 Å². The highest BCUT2D eigenvalue weighted by atomic mass is 35.5. The predicted molar refractivity (Wildman–Crippen MR) is 61.5 cm³/mol. The molecule has 1 heterocycles. The second-order valence-corrected chi connectivity index (χ2v) is 4.16. The lowest BCUT2D eigenvalue weighted by molar-refractivity contribution is -0.137. The number of rotatable bonds is 2. The third kappa shape index (κ3) is 2.46. The van der Waals surface area contributed by atoms with Crippen LogP contribution in [0.5, 0.6) is 0 Å². The first-order chi connectivity index (χ1) is 8.84. The fourth-order valence-corrected chi connectivity index (χ4v) is 1.79. The van der Waals surface area contributed by atoms with Crippen LogP contribution in [0, 0.1) is 6.92 Å². The van der Waals surface area contributed by atoms with Crippen molar-refractivity contribution in [3.8, 4) is 5.69 Å². The lowest BCUT2D eigenvalue weighted by atomic mass is 10.2. The van der Waals surface area contributed by atoms with Crippen molar-refractivity contribution in [3.05, 3.63) is 40.2 Å². The number of alkyl halides is 3. The average Bonchev–Trinajstić information content (AvgIpc) is 2.69. The molecule has 0 aliphatic heterocycles. The van der Waals surface area contributed by atoms with Crippen LogP contribution >= 0.6 is 11.6 Å². The van der Waals surface area contributed by atoms with E-state index in [-0.39, 0.29) is 16.4 Å². The molecule has 0 N–H and O–H groups in total. The number of carbonyl (C=O) groups is 1. The Hall–Kier alpha value is -1.89. The quantitative estimate of drug-likeness (QED) is 0.798. The third-order valence-corrected chi connectivity index (χ3v) is 2.85. The summed E-state index contributed by atoms with van der Waals surface area (Å²) in [4.78, 5) is 10.6. The Morgan fingerprint density at radius 3 is 2.53 bits per heavy atom. The largest absolute Gasteiger partial charge is 0.416 e. The monoisotopic (exact) mass is 289 g/mol. The summed E-state index contributed by atoms with van der Waals surface area (Å²) in [6.07, 6.45) is -3.95. The van der Waals surface area contributed by atoms with Gasteiger partial charge in [-0.15, -0.1) is 5.10 Å². The zero-order valence-corrected chi connectivity index (χ0v) is 10.3. The molecule has 1 aromatic carbocycles. The van der Waals surface area contributed by atoms with E-state index in [0.717, 1.165) is 12.1 Å². The summed E-state index contributed by atoms with van der Waals surface area (Å²) in [5, 5.41) is 7.14. The molecule has 0 amide bonds. The minimum absolute atomic E-state index is 0.107. The van der Waals surface area contributed by atoms with Crippen molar-refractivity contribution in [2.24, 2.45) is 0 Å². The summed E-state index contributed by atoms with van der Waals surface area (Å²) in [6.45, 7) is 1.57. The Morgan fingerprint density at radius 1 is 1.37 bits per heavy atom. The minimum atomic E-state index is -4.46. The highest BCUT2D eigenvalue weighted by Gasteiger charge is 2.31. The molecule has 0 aliphatic rings. The van der Waals surface area contributed by atoms with Crippen molar-refractivity contribution in [2.45, 2.75) is 13.1 Å². The zero-order valence-electron chi connectivity index (χ0n) is 9.57. The molecular weight excluding hydrogens is 283 g/mol. The maximum absolute atomic E-state index is 12.5. The molecule has 19 heavy (non-hydrogen) atoms. The van der Waals surface area contributed by atoms with Gasteiger partial charge in [-0.25, -0.2) is 4.68 Å². The van der Waals surface area contributed by atoms with Crippen LogP contribution in [0.4, 0.5) is 13.2 Å². The Morgan fingerprint density at radius 2 is 2.05 bits per heavy atom. The summed E-state index contributed by atoms with van der Waals surface area (Å²) in [5.41, 5.74) is -0.116. The molecule has 0 fully saturated rings. The molecule has 100 valence electrons. The molecule has 0 unspecified atom stereocenters. The van der Waals surface area contributed by atoms with E-state index in [9.17, 15) is 18.0 Å². The molecule has 8 heteroatoms. The maximum Gasteiger partial charge on any atom is 0.416 e. The Labute approximate surface area is 110 Å². The first kappa shape index (κ1) is 13.5. The summed E-state index contributed by atoms with van der Waals surface area (Å²) in [5.74, 6) is 0. The molecule has 0 saturated heterocycles. The summed E-state index contributed by atoms with van der Waals surface area (Å²) in [6, 6.07) is 2.88. The number of halogens is 4. The summed E-state index contributed by atoms with van der Waals surface area (Å²) < 4.78 is 38.7. The summed E-state index contributed by atoms with van der Waals surface area (Å²) >= 11 is 5.82. The number of benzene rings is 1. The molecule has 2 aromatic rings. The molecule has 0 atom stereocenters. The van der Waals surface area contributed by atoms with E-state index < -0.39 is 11.7 Å². The molecule has 0 radical (unpaired) electrons. The fraction of sp³-hybridized carbons (Fsp3) is 0.182. The van der Waals surface area contributed by atoms with Crippen molar-refractivity contribution < 1.29 is 18.0 Å². The average molecular weight is 290 g/mol. The molecule has 0 saturated carbocycles. The lowest BCUT2D eigenvalue weighted by Crippen LogP contribution is -2.07. The van der Waals surface area contributed by atoms with Gasteiger partial charge in [-0.2, -0.15) is 13.2 Å². The van der Waals surface area contributed by atoms with Crippen molar-refractivity contribution in [1.29, 1.82) is 0 Å². The van der Waals surface area contributed by atoms with Crippen molar-refractivity contribution >= 4 is 17.9 Å². The van der Waals surface area contributed by atoms with E-state index in [4.69, 9.17) is 11.6 Å². The van der Waals surface area contributed by atoms with Gasteiger partial charge in [0, 0.05) is 0 Å². The number of nitrogens with zero attached hydrogens (tertiary/aromatic N) is 3. The Kier molecular flexibility index (Phi) is 3.32. The molecule has 0 aliphatic carbocycles. The second kappa shape index (κ2) is 4.65. The Bertz CT molecular complexity index is 637. The van der Waals surface area contributed by atoms with Gasteiger partial charge >= 0.3 is 6.18 Å². The number of aromatic nitrogens is 3. The normalized spacial score (nSPS) is 11.6. The van der Waals surface area contributed by atoms with E-state index in [0.29, 0.717) is 12.0 Å². The topological polar surface area (TPSA) is 47.8 Å². The van der Waals surface area contributed by atoms with Gasteiger partial charge in [-0.3, -0.25) is 4.79 Å². The SMILES string of the molecule is Cc1c(C=O)nnn1-c1ccc(C(F)(F)F)cc1Cl. The van der Waals surface area contributed by atoms with E-state index in [2.05, 4.69) is 10.3 Å². The molecule has 2 rings (SSSR count). The van der Waals surface area contributed by atoms with Crippen LogP contribution in [0.3, 0.4) is 0 Å². The highest BCUT2D eigenvalue weighted by molar-refractivity contribution is 6.32. The third-order valence-electron chi connectivity index (χ3n) is 2.55. The second-order valence-electron chi connectivity index (χ2n) is 3.75. The Balaban J connectivity index is 2.52. The van der Waals surface area contributed by atoms with E-state index in [1.165, 1.54) is 10.7 Å². The minimum Gasteiger partial charge on any atom is -0.296 e. The number of carbonyl (C=O) groups excluding carboxylic acids is 1. The molecule has 0 spiro atoms. The highest BCUT2D eigenvalue weighted by Crippen LogP contribution is 2.33. The van der Waals surface area contributed by atoms with Crippen molar-refractivity contribution in [2.75, 3.05) is 0 Å². The van der Waals surface area contributed by atoms with E-state index in [1.807, 2.05) is 0 Å². The van der Waals surface area contributed by atoms with Crippen LogP contribution in [0.25, 0.3) is 5.69 Å². The van der Waals surface area contributed by atoms with Crippen molar-refractivity contribution in [3.63, 3.8) is 0 Å². The van der Waals surface area contributed by atoms with Gasteiger partial charge in [-0.05, 0) is 25.1 Å². The molecular formula is C11H7ClF3N3O.